The Kier molecular flexibility index (Phi) is 8.69. The molecule has 10 heteroatoms. The summed E-state index contributed by atoms with van der Waals surface area (Å²) in [4.78, 5) is 23.7. The van der Waals surface area contributed by atoms with Crippen LogP contribution in [0.25, 0.3) is 0 Å². The summed E-state index contributed by atoms with van der Waals surface area (Å²) in [5.74, 6) is -0.722. The van der Waals surface area contributed by atoms with E-state index >= 15 is 0 Å². The predicted molar refractivity (Wildman–Crippen MR) is 150 cm³/mol. The van der Waals surface area contributed by atoms with Crippen LogP contribution >= 0.6 is 0 Å². The van der Waals surface area contributed by atoms with Crippen LogP contribution in [-0.4, -0.2) is 95.1 Å². The van der Waals surface area contributed by atoms with Crippen molar-refractivity contribution in [1.82, 2.24) is 0 Å². The minimum atomic E-state index is -0.628. The minimum absolute atomic E-state index is 0.0810. The maximum atomic E-state index is 12.4. The molecule has 0 aromatic heterocycles. The monoisotopic (exact) mass is 564 g/mol. The smallest absolute Gasteiger partial charge is 0.338 e. The molecule has 4 aliphatic heterocycles. The normalized spacial score (nSPS) is 31.3. The Morgan fingerprint density at radius 3 is 1.78 bits per heavy atom. The first-order valence-corrected chi connectivity index (χ1v) is 14.0. The summed E-state index contributed by atoms with van der Waals surface area (Å²) in [6.07, 6.45) is 3.62. The number of aliphatic hydroxyl groups is 2. The highest BCUT2D eigenvalue weighted by Crippen LogP contribution is 2.37. The van der Waals surface area contributed by atoms with Crippen LogP contribution in [0.5, 0.6) is 0 Å². The molecule has 4 aliphatic rings. The molecule has 6 rings (SSSR count). The van der Waals surface area contributed by atoms with Crippen molar-refractivity contribution in [2.24, 2.45) is 0 Å². The molecule has 0 saturated carbocycles. The molecule has 2 aromatic carbocycles. The first-order valence-electron chi connectivity index (χ1n) is 14.0. The Morgan fingerprint density at radius 2 is 1.24 bits per heavy atom. The standard InChI is InChI=1S/C16H19NO4.C15H17NO4/c18-14-7-9-17(20)8-6-13(16(14)17)11-21-15(19)10-12-4-2-1-3-5-12;17-13-7-9-16(19)8-6-12(14(13)16)10-20-15(18)11-4-2-1-3-5-11/h1-6,14,16,18H,7-11H2;1-6,13-14,17H,7-10H2/t14-,16?,17?;13-,14?,16?/m11/s1. The molecular weight excluding hydrogens is 528 g/mol. The summed E-state index contributed by atoms with van der Waals surface area (Å²) >= 11 is 0. The van der Waals surface area contributed by atoms with Crippen molar-refractivity contribution in [2.75, 3.05) is 39.4 Å². The lowest BCUT2D eigenvalue weighted by atomic mass is 10.1. The average molecular weight is 565 g/mol. The van der Waals surface area contributed by atoms with Gasteiger partial charge in [0.2, 0.25) is 0 Å². The van der Waals surface area contributed by atoms with Gasteiger partial charge in [-0.1, -0.05) is 48.5 Å². The van der Waals surface area contributed by atoms with Crippen LogP contribution in [0.15, 0.2) is 84.0 Å². The van der Waals surface area contributed by atoms with Gasteiger partial charge in [-0.05, 0) is 29.8 Å². The fraction of sp³-hybridized carbons (Fsp3) is 0.419. The van der Waals surface area contributed by atoms with E-state index in [0.29, 0.717) is 44.6 Å². The predicted octanol–water partition coefficient (Wildman–Crippen LogP) is 2.39. The average Bonchev–Trinajstić information content (AvgIpc) is 3.67. The van der Waals surface area contributed by atoms with Crippen molar-refractivity contribution in [2.45, 2.75) is 43.6 Å². The summed E-state index contributed by atoms with van der Waals surface area (Å²) in [6.45, 7) is 1.78. The summed E-state index contributed by atoms with van der Waals surface area (Å²) in [5, 5.41) is 44.6. The van der Waals surface area contributed by atoms with E-state index in [9.17, 15) is 30.2 Å². The molecule has 2 fully saturated rings. The molecule has 0 spiro atoms. The summed E-state index contributed by atoms with van der Waals surface area (Å²) in [7, 11) is 0. The van der Waals surface area contributed by atoms with Crippen LogP contribution in [0, 0.1) is 10.4 Å². The van der Waals surface area contributed by atoms with E-state index in [0.717, 1.165) is 16.7 Å². The maximum Gasteiger partial charge on any atom is 0.338 e. The van der Waals surface area contributed by atoms with Crippen LogP contribution in [-0.2, 0) is 20.7 Å². The largest absolute Gasteiger partial charge is 0.632 e. The van der Waals surface area contributed by atoms with Gasteiger partial charge in [-0.15, -0.1) is 0 Å². The zero-order valence-electron chi connectivity index (χ0n) is 22.8. The van der Waals surface area contributed by atoms with Crippen molar-refractivity contribution in [3.8, 4) is 0 Å². The Labute approximate surface area is 239 Å². The highest BCUT2D eigenvalue weighted by Gasteiger charge is 2.48. The Balaban J connectivity index is 0.000000165. The van der Waals surface area contributed by atoms with Gasteiger partial charge in [0.1, 0.15) is 37.5 Å². The number of carbonyl (C=O) groups is 2. The van der Waals surface area contributed by atoms with Crippen molar-refractivity contribution in [3.63, 3.8) is 0 Å². The Morgan fingerprint density at radius 1 is 0.756 bits per heavy atom. The number of hydroxylamine groups is 6. The third kappa shape index (κ3) is 6.43. The second kappa shape index (κ2) is 12.2. The molecule has 218 valence electrons. The molecule has 0 aliphatic carbocycles. The molecule has 0 bridgehead atoms. The van der Waals surface area contributed by atoms with Crippen molar-refractivity contribution in [1.29, 1.82) is 0 Å². The topological polar surface area (TPSA) is 139 Å². The highest BCUT2D eigenvalue weighted by atomic mass is 16.6. The van der Waals surface area contributed by atoms with Gasteiger partial charge >= 0.3 is 11.9 Å². The number of fused-ring (bicyclic) bond motifs is 2. The second-order valence-corrected chi connectivity index (χ2v) is 11.1. The van der Waals surface area contributed by atoms with Gasteiger partial charge in [0.25, 0.3) is 0 Å². The number of ether oxygens (including phenoxy) is 2. The number of carbonyl (C=O) groups excluding carboxylic acids is 2. The van der Waals surface area contributed by atoms with Gasteiger partial charge in [0.15, 0.2) is 0 Å². The Bertz CT molecular complexity index is 1300. The second-order valence-electron chi connectivity index (χ2n) is 11.1. The van der Waals surface area contributed by atoms with Gasteiger partial charge < -0.3 is 39.4 Å². The molecule has 6 atom stereocenters. The first-order chi connectivity index (χ1) is 19.7. The molecule has 2 saturated heterocycles. The van der Waals surface area contributed by atoms with E-state index in [1.165, 1.54) is 0 Å². The van der Waals surface area contributed by atoms with Gasteiger partial charge in [-0.25, -0.2) is 4.79 Å². The minimum Gasteiger partial charge on any atom is -0.632 e. The van der Waals surface area contributed by atoms with Crippen molar-refractivity contribution in [3.05, 3.63) is 106 Å². The third-order valence-electron chi connectivity index (χ3n) is 8.40. The number of quaternary nitrogens is 2. The summed E-state index contributed by atoms with van der Waals surface area (Å²) in [6, 6.07) is 17.2. The van der Waals surface area contributed by atoms with Gasteiger partial charge in [-0.3, -0.25) is 4.79 Å². The van der Waals surface area contributed by atoms with E-state index in [4.69, 9.17) is 9.47 Å². The lowest BCUT2D eigenvalue weighted by molar-refractivity contribution is -0.877. The fourth-order valence-corrected chi connectivity index (χ4v) is 6.29. The highest BCUT2D eigenvalue weighted by molar-refractivity contribution is 5.89. The molecule has 10 nitrogen and oxygen atoms in total. The zero-order valence-corrected chi connectivity index (χ0v) is 22.8. The molecular formula is C31H36N2O8. The van der Waals surface area contributed by atoms with Gasteiger partial charge in [-0.2, -0.15) is 0 Å². The number of esters is 2. The van der Waals surface area contributed by atoms with E-state index in [-0.39, 0.29) is 25.6 Å². The number of hydrogen-bond acceptors (Lipinski definition) is 8. The molecule has 4 heterocycles. The third-order valence-corrected chi connectivity index (χ3v) is 8.40. The lowest BCUT2D eigenvalue weighted by Gasteiger charge is -2.40. The van der Waals surface area contributed by atoms with Crippen molar-refractivity contribution >= 4 is 11.9 Å². The van der Waals surface area contributed by atoms with Crippen LogP contribution in [0.1, 0.15) is 28.8 Å². The summed E-state index contributed by atoms with van der Waals surface area (Å²) in [5.41, 5.74) is 2.89. The molecule has 2 N–H and O–H groups in total. The summed E-state index contributed by atoms with van der Waals surface area (Å²) < 4.78 is 9.71. The number of nitrogens with zero attached hydrogens (tertiary/aromatic N) is 2. The van der Waals surface area contributed by atoms with E-state index in [1.54, 1.807) is 30.3 Å². The van der Waals surface area contributed by atoms with E-state index < -0.39 is 39.6 Å². The molecule has 0 amide bonds. The van der Waals surface area contributed by atoms with Gasteiger partial charge in [0, 0.05) is 24.0 Å². The first kappa shape index (κ1) is 29.1. The fourth-order valence-electron chi connectivity index (χ4n) is 6.29. The van der Waals surface area contributed by atoms with Crippen molar-refractivity contribution < 1.29 is 38.6 Å². The van der Waals surface area contributed by atoms with E-state index in [2.05, 4.69) is 0 Å². The van der Waals surface area contributed by atoms with Crippen LogP contribution in [0.2, 0.25) is 0 Å². The molecule has 41 heavy (non-hydrogen) atoms. The van der Waals surface area contributed by atoms with E-state index in [1.807, 2.05) is 42.5 Å². The SMILES string of the molecule is O=C(Cc1ccccc1)OCC1=CC[N+]2([O-])CC[C@@H](O)C12.O=C(OCC1=CC[N+]2([O-])CC[C@@H](O)C12)c1ccccc1. The van der Waals surface area contributed by atoms with Crippen LogP contribution in [0.4, 0.5) is 0 Å². The Hall–Kier alpha value is -3.38. The number of hydrogen-bond donors (Lipinski definition) is 2. The number of aliphatic hydroxyl groups excluding tert-OH is 2. The number of rotatable bonds is 7. The molecule has 2 aromatic rings. The van der Waals surface area contributed by atoms with Crippen LogP contribution < -0.4 is 0 Å². The maximum absolute atomic E-state index is 12.4. The zero-order chi connectivity index (χ0) is 29.0. The van der Waals surface area contributed by atoms with Crippen LogP contribution in [0.3, 0.4) is 0 Å². The quantitative estimate of drug-likeness (QED) is 0.226. The lowest BCUT2D eigenvalue weighted by Crippen LogP contribution is -2.46. The molecule has 4 unspecified atom stereocenters. The molecule has 0 radical (unpaired) electrons. The number of benzene rings is 2. The van der Waals surface area contributed by atoms with Gasteiger partial charge in [0.05, 0.1) is 38.2 Å².